The van der Waals surface area contributed by atoms with Crippen LogP contribution in [0.1, 0.15) is 13.8 Å². The Balaban J connectivity index is 1.95. The van der Waals surface area contributed by atoms with Crippen molar-refractivity contribution in [2.24, 2.45) is 5.41 Å². The lowest BCUT2D eigenvalue weighted by Gasteiger charge is -2.44. The lowest BCUT2D eigenvalue weighted by molar-refractivity contribution is -0.317. The Bertz CT molecular complexity index is 172. The molecule has 4 nitrogen and oxygen atoms in total. The minimum Gasteiger partial charge on any atom is -0.355 e. The number of hydrogen-bond donors (Lipinski definition) is 0. The first kappa shape index (κ1) is 9.40. The van der Waals surface area contributed by atoms with Crippen LogP contribution in [0.4, 0.5) is 0 Å². The van der Waals surface area contributed by atoms with Gasteiger partial charge in [0.15, 0.2) is 5.79 Å². The molecule has 0 aliphatic carbocycles. The summed E-state index contributed by atoms with van der Waals surface area (Å²) >= 11 is 0. The molecule has 2 fully saturated rings. The van der Waals surface area contributed by atoms with Crippen LogP contribution >= 0.6 is 0 Å². The third kappa shape index (κ3) is 2.02. The fourth-order valence-corrected chi connectivity index (χ4v) is 1.52. The molecular formula is C9H16O4. The average molecular weight is 188 g/mol. The standard InChI is InChI=1S/C9H16O4/c1-8(2)12-5-9(6-13-8)3-10-7-11-4-9/h3-7H2,1-2H3. The third-order valence-electron chi connectivity index (χ3n) is 2.44. The number of rotatable bonds is 0. The predicted molar refractivity (Wildman–Crippen MR) is 45.2 cm³/mol. The Morgan fingerprint density at radius 2 is 1.38 bits per heavy atom. The Morgan fingerprint density at radius 1 is 0.846 bits per heavy atom. The van der Waals surface area contributed by atoms with Crippen LogP contribution in [-0.4, -0.2) is 39.0 Å². The first-order chi connectivity index (χ1) is 6.12. The van der Waals surface area contributed by atoms with Gasteiger partial charge in [0.25, 0.3) is 0 Å². The highest BCUT2D eigenvalue weighted by Crippen LogP contribution is 2.31. The molecule has 0 atom stereocenters. The van der Waals surface area contributed by atoms with Gasteiger partial charge in [-0.05, 0) is 13.8 Å². The van der Waals surface area contributed by atoms with Gasteiger partial charge in [-0.1, -0.05) is 0 Å². The van der Waals surface area contributed by atoms with Crippen LogP contribution < -0.4 is 0 Å². The molecule has 13 heavy (non-hydrogen) atoms. The third-order valence-corrected chi connectivity index (χ3v) is 2.44. The molecule has 2 heterocycles. The summed E-state index contributed by atoms with van der Waals surface area (Å²) in [6.45, 7) is 6.88. The maximum atomic E-state index is 5.58. The summed E-state index contributed by atoms with van der Waals surface area (Å²) in [6, 6.07) is 0. The smallest absolute Gasteiger partial charge is 0.162 e. The van der Waals surface area contributed by atoms with Gasteiger partial charge < -0.3 is 18.9 Å². The van der Waals surface area contributed by atoms with E-state index < -0.39 is 5.79 Å². The highest BCUT2D eigenvalue weighted by molar-refractivity contribution is 4.84. The lowest BCUT2D eigenvalue weighted by atomic mass is 9.90. The molecular weight excluding hydrogens is 172 g/mol. The quantitative estimate of drug-likeness (QED) is 0.562. The molecule has 0 unspecified atom stereocenters. The first-order valence-electron chi connectivity index (χ1n) is 4.55. The summed E-state index contributed by atoms with van der Waals surface area (Å²) in [7, 11) is 0. The minimum absolute atomic E-state index is 0.0756. The van der Waals surface area contributed by atoms with E-state index in [2.05, 4.69) is 0 Å². The molecule has 2 saturated heterocycles. The van der Waals surface area contributed by atoms with E-state index >= 15 is 0 Å². The average Bonchev–Trinajstić information content (AvgIpc) is 2.13. The molecule has 0 radical (unpaired) electrons. The van der Waals surface area contributed by atoms with Crippen molar-refractivity contribution >= 4 is 0 Å². The summed E-state index contributed by atoms with van der Waals surface area (Å²) < 4.78 is 21.7. The summed E-state index contributed by atoms with van der Waals surface area (Å²) in [5.74, 6) is -0.456. The van der Waals surface area contributed by atoms with Crippen LogP contribution in [0.25, 0.3) is 0 Å². The molecule has 76 valence electrons. The van der Waals surface area contributed by atoms with Crippen molar-refractivity contribution in [3.8, 4) is 0 Å². The Labute approximate surface area is 78.1 Å². The van der Waals surface area contributed by atoms with E-state index in [4.69, 9.17) is 18.9 Å². The molecule has 4 heteroatoms. The normalized spacial score (nSPS) is 31.8. The fourth-order valence-electron chi connectivity index (χ4n) is 1.52. The topological polar surface area (TPSA) is 36.9 Å². The van der Waals surface area contributed by atoms with Crippen molar-refractivity contribution in [1.82, 2.24) is 0 Å². The molecule has 0 bridgehead atoms. The fraction of sp³-hybridized carbons (Fsp3) is 1.00. The van der Waals surface area contributed by atoms with Gasteiger partial charge in [-0.3, -0.25) is 0 Å². The van der Waals surface area contributed by atoms with E-state index in [9.17, 15) is 0 Å². The minimum atomic E-state index is -0.456. The Hall–Kier alpha value is -0.160. The number of ether oxygens (including phenoxy) is 4. The summed E-state index contributed by atoms with van der Waals surface area (Å²) in [5.41, 5.74) is -0.0756. The van der Waals surface area contributed by atoms with Crippen LogP contribution in [0.2, 0.25) is 0 Å². The maximum absolute atomic E-state index is 5.58. The molecule has 0 aromatic rings. The van der Waals surface area contributed by atoms with Gasteiger partial charge in [0, 0.05) is 0 Å². The van der Waals surface area contributed by atoms with Gasteiger partial charge in [-0.25, -0.2) is 0 Å². The summed E-state index contributed by atoms with van der Waals surface area (Å²) in [5, 5.41) is 0. The summed E-state index contributed by atoms with van der Waals surface area (Å²) in [4.78, 5) is 0. The molecule has 0 aromatic carbocycles. The van der Waals surface area contributed by atoms with Crippen LogP contribution in [0.15, 0.2) is 0 Å². The molecule has 1 spiro atoms. The molecule has 0 amide bonds. The van der Waals surface area contributed by atoms with Crippen molar-refractivity contribution in [3.63, 3.8) is 0 Å². The monoisotopic (exact) mass is 188 g/mol. The van der Waals surface area contributed by atoms with E-state index in [0.29, 0.717) is 33.2 Å². The molecule has 0 saturated carbocycles. The Morgan fingerprint density at radius 3 is 1.92 bits per heavy atom. The largest absolute Gasteiger partial charge is 0.355 e. The highest BCUT2D eigenvalue weighted by atomic mass is 16.7. The van der Waals surface area contributed by atoms with Crippen molar-refractivity contribution in [1.29, 1.82) is 0 Å². The zero-order valence-electron chi connectivity index (χ0n) is 8.17. The van der Waals surface area contributed by atoms with Crippen molar-refractivity contribution in [2.75, 3.05) is 33.2 Å². The van der Waals surface area contributed by atoms with Crippen molar-refractivity contribution in [3.05, 3.63) is 0 Å². The van der Waals surface area contributed by atoms with Gasteiger partial charge >= 0.3 is 0 Å². The predicted octanol–water partition coefficient (Wildman–Crippen LogP) is 0.760. The van der Waals surface area contributed by atoms with Crippen LogP contribution in [-0.2, 0) is 18.9 Å². The molecule has 0 aromatic heterocycles. The van der Waals surface area contributed by atoms with Gasteiger partial charge in [0.2, 0.25) is 0 Å². The van der Waals surface area contributed by atoms with Crippen LogP contribution in [0.5, 0.6) is 0 Å². The van der Waals surface area contributed by atoms with Crippen LogP contribution in [0, 0.1) is 5.41 Å². The van der Waals surface area contributed by atoms with Crippen molar-refractivity contribution in [2.45, 2.75) is 19.6 Å². The van der Waals surface area contributed by atoms with E-state index in [1.165, 1.54) is 0 Å². The van der Waals surface area contributed by atoms with E-state index in [0.717, 1.165) is 0 Å². The van der Waals surface area contributed by atoms with Gasteiger partial charge in [0.05, 0.1) is 31.8 Å². The van der Waals surface area contributed by atoms with Gasteiger partial charge in [-0.2, -0.15) is 0 Å². The number of hydrogen-bond acceptors (Lipinski definition) is 4. The van der Waals surface area contributed by atoms with Crippen LogP contribution in [0.3, 0.4) is 0 Å². The second-order valence-corrected chi connectivity index (χ2v) is 4.29. The molecule has 0 N–H and O–H groups in total. The maximum Gasteiger partial charge on any atom is 0.162 e. The first-order valence-corrected chi connectivity index (χ1v) is 4.55. The second kappa shape index (κ2) is 3.20. The lowest BCUT2D eigenvalue weighted by Crippen LogP contribution is -2.53. The van der Waals surface area contributed by atoms with Gasteiger partial charge in [-0.15, -0.1) is 0 Å². The van der Waals surface area contributed by atoms with E-state index in [1.807, 2.05) is 13.8 Å². The highest BCUT2D eigenvalue weighted by Gasteiger charge is 2.42. The van der Waals surface area contributed by atoms with Crippen molar-refractivity contribution < 1.29 is 18.9 Å². The molecule has 2 aliphatic heterocycles. The SMILES string of the molecule is CC1(C)OCC2(COCOC2)CO1. The van der Waals surface area contributed by atoms with E-state index in [-0.39, 0.29) is 5.41 Å². The molecule has 2 aliphatic rings. The Kier molecular flexibility index (Phi) is 2.32. The second-order valence-electron chi connectivity index (χ2n) is 4.29. The molecule has 2 rings (SSSR count). The van der Waals surface area contributed by atoms with E-state index in [1.54, 1.807) is 0 Å². The summed E-state index contributed by atoms with van der Waals surface area (Å²) in [6.07, 6.45) is 0. The zero-order valence-corrected chi connectivity index (χ0v) is 8.17. The van der Waals surface area contributed by atoms with Gasteiger partial charge in [0.1, 0.15) is 6.79 Å². The zero-order chi connectivity index (χ0) is 9.36.